The van der Waals surface area contributed by atoms with Crippen molar-refractivity contribution in [3.8, 4) is 0 Å². The molecule has 2 fully saturated rings. The molecule has 3 aliphatic rings. The molecule has 1 spiro atoms. The lowest BCUT2D eigenvalue weighted by Gasteiger charge is -2.41. The van der Waals surface area contributed by atoms with Gasteiger partial charge >= 0.3 is 0 Å². The zero-order valence-corrected chi connectivity index (χ0v) is 13.4. The molecular formula is C18H25NOS. The normalized spacial score (nSPS) is 36.8. The quantitative estimate of drug-likeness (QED) is 0.910. The maximum Gasteiger partial charge on any atom is 0.0783 e. The van der Waals surface area contributed by atoms with Gasteiger partial charge in [-0.2, -0.15) is 11.8 Å². The topological polar surface area (TPSA) is 35.2 Å². The molecule has 1 aliphatic carbocycles. The molecule has 1 aromatic carbocycles. The molecule has 3 heteroatoms. The second-order valence-electron chi connectivity index (χ2n) is 7.01. The molecular weight excluding hydrogens is 278 g/mol. The predicted molar refractivity (Wildman–Crippen MR) is 88.8 cm³/mol. The molecule has 2 aliphatic heterocycles. The van der Waals surface area contributed by atoms with Gasteiger partial charge in [-0.05, 0) is 60.8 Å². The van der Waals surface area contributed by atoms with Crippen LogP contribution in [0.1, 0.15) is 42.7 Å². The Morgan fingerprint density at radius 2 is 2.19 bits per heavy atom. The maximum absolute atomic E-state index is 6.76. The van der Waals surface area contributed by atoms with Crippen LogP contribution in [0.15, 0.2) is 24.3 Å². The maximum atomic E-state index is 6.76. The Kier molecular flexibility index (Phi) is 3.76. The first-order valence-electron chi connectivity index (χ1n) is 8.33. The Labute approximate surface area is 131 Å². The summed E-state index contributed by atoms with van der Waals surface area (Å²) in [6.07, 6.45) is 5.99. The van der Waals surface area contributed by atoms with Crippen molar-refractivity contribution in [1.29, 1.82) is 0 Å². The van der Waals surface area contributed by atoms with E-state index in [-0.39, 0.29) is 5.60 Å². The molecule has 4 unspecified atom stereocenters. The second-order valence-corrected chi connectivity index (χ2v) is 8.11. The Morgan fingerprint density at radius 3 is 3.05 bits per heavy atom. The zero-order valence-electron chi connectivity index (χ0n) is 12.6. The lowest BCUT2D eigenvalue weighted by molar-refractivity contribution is -0.0843. The Balaban J connectivity index is 1.51. The van der Waals surface area contributed by atoms with Crippen molar-refractivity contribution < 1.29 is 4.74 Å². The van der Waals surface area contributed by atoms with Crippen molar-refractivity contribution in [3.05, 3.63) is 35.4 Å². The Morgan fingerprint density at radius 1 is 1.29 bits per heavy atom. The summed E-state index contributed by atoms with van der Waals surface area (Å²) in [5.41, 5.74) is 9.96. The number of ether oxygens (including phenoxy) is 1. The molecule has 4 atom stereocenters. The SMILES string of the molecule is NC(C1CCOC2(CCSC2)C1)C1CCc2ccccc21. The molecule has 2 heterocycles. The van der Waals surface area contributed by atoms with E-state index in [1.54, 1.807) is 0 Å². The summed E-state index contributed by atoms with van der Waals surface area (Å²) >= 11 is 2.05. The van der Waals surface area contributed by atoms with Crippen LogP contribution in [-0.2, 0) is 11.2 Å². The highest BCUT2D eigenvalue weighted by atomic mass is 32.2. The summed E-state index contributed by atoms with van der Waals surface area (Å²) in [6.45, 7) is 0.910. The van der Waals surface area contributed by atoms with Crippen LogP contribution in [0.4, 0.5) is 0 Å². The molecule has 0 radical (unpaired) electrons. The molecule has 1 aromatic rings. The van der Waals surface area contributed by atoms with Crippen LogP contribution >= 0.6 is 11.8 Å². The van der Waals surface area contributed by atoms with Gasteiger partial charge in [-0.1, -0.05) is 24.3 Å². The molecule has 21 heavy (non-hydrogen) atoms. The van der Waals surface area contributed by atoms with E-state index >= 15 is 0 Å². The molecule has 4 rings (SSSR count). The summed E-state index contributed by atoms with van der Waals surface area (Å²) in [7, 11) is 0. The minimum Gasteiger partial charge on any atom is -0.374 e. The van der Waals surface area contributed by atoms with Crippen LogP contribution in [0, 0.1) is 5.92 Å². The first-order chi connectivity index (χ1) is 10.3. The molecule has 2 N–H and O–H groups in total. The second kappa shape index (κ2) is 5.60. The summed E-state index contributed by atoms with van der Waals surface area (Å²) in [4.78, 5) is 0. The van der Waals surface area contributed by atoms with Gasteiger partial charge in [0.05, 0.1) is 5.60 Å². The van der Waals surface area contributed by atoms with Gasteiger partial charge in [0.15, 0.2) is 0 Å². The first-order valence-corrected chi connectivity index (χ1v) is 9.48. The standard InChI is InChI=1S/C18H25NOS/c19-17(16-6-5-13-3-1-2-4-15(13)16)14-7-9-20-18(11-14)8-10-21-12-18/h1-4,14,16-17H,5-12,19H2. The van der Waals surface area contributed by atoms with Crippen LogP contribution in [-0.4, -0.2) is 29.8 Å². The minimum absolute atomic E-state index is 0.156. The number of benzene rings is 1. The lowest BCUT2D eigenvalue weighted by atomic mass is 9.76. The fourth-order valence-corrected chi connectivity index (χ4v) is 5.95. The third-order valence-electron chi connectivity index (χ3n) is 5.79. The molecule has 0 saturated carbocycles. The Hall–Kier alpha value is -0.510. The third-order valence-corrected chi connectivity index (χ3v) is 7.01. The molecule has 2 nitrogen and oxygen atoms in total. The predicted octanol–water partition coefficient (Wildman–Crippen LogP) is 3.35. The minimum atomic E-state index is 0.156. The number of hydrogen-bond acceptors (Lipinski definition) is 3. The number of aryl methyl sites for hydroxylation is 1. The highest BCUT2D eigenvalue weighted by Crippen LogP contribution is 2.44. The van der Waals surface area contributed by atoms with Crippen LogP contribution in [0.2, 0.25) is 0 Å². The number of nitrogens with two attached hydrogens (primary N) is 1. The highest BCUT2D eigenvalue weighted by molar-refractivity contribution is 7.99. The molecule has 0 aromatic heterocycles. The summed E-state index contributed by atoms with van der Waals surface area (Å²) in [5.74, 6) is 3.63. The van der Waals surface area contributed by atoms with E-state index in [0.29, 0.717) is 17.9 Å². The van der Waals surface area contributed by atoms with Crippen molar-refractivity contribution >= 4 is 11.8 Å². The van der Waals surface area contributed by atoms with Crippen molar-refractivity contribution in [3.63, 3.8) is 0 Å². The summed E-state index contributed by atoms with van der Waals surface area (Å²) in [5, 5.41) is 0. The van der Waals surface area contributed by atoms with E-state index in [2.05, 4.69) is 24.3 Å². The monoisotopic (exact) mass is 303 g/mol. The smallest absolute Gasteiger partial charge is 0.0783 e. The molecule has 114 valence electrons. The fraction of sp³-hybridized carbons (Fsp3) is 0.667. The van der Waals surface area contributed by atoms with Gasteiger partial charge in [-0.25, -0.2) is 0 Å². The van der Waals surface area contributed by atoms with E-state index in [4.69, 9.17) is 10.5 Å². The van der Waals surface area contributed by atoms with Gasteiger partial charge in [0.25, 0.3) is 0 Å². The van der Waals surface area contributed by atoms with Crippen molar-refractivity contribution in [2.75, 3.05) is 18.1 Å². The first kappa shape index (κ1) is 14.1. The van der Waals surface area contributed by atoms with Crippen molar-refractivity contribution in [2.45, 2.75) is 49.7 Å². The number of hydrogen-bond donors (Lipinski definition) is 1. The van der Waals surface area contributed by atoms with Gasteiger partial charge in [0.1, 0.15) is 0 Å². The van der Waals surface area contributed by atoms with E-state index in [1.165, 1.54) is 48.3 Å². The average Bonchev–Trinajstić information content (AvgIpc) is 3.14. The number of fused-ring (bicyclic) bond motifs is 1. The fourth-order valence-electron chi connectivity index (χ4n) is 4.58. The zero-order chi connectivity index (χ0) is 14.3. The van der Waals surface area contributed by atoms with Crippen molar-refractivity contribution in [1.82, 2.24) is 0 Å². The van der Waals surface area contributed by atoms with E-state index in [9.17, 15) is 0 Å². The van der Waals surface area contributed by atoms with Gasteiger partial charge < -0.3 is 10.5 Å². The van der Waals surface area contributed by atoms with Gasteiger partial charge in [-0.3, -0.25) is 0 Å². The van der Waals surface area contributed by atoms with Gasteiger partial charge in [0.2, 0.25) is 0 Å². The third kappa shape index (κ3) is 2.54. The van der Waals surface area contributed by atoms with Gasteiger partial charge in [-0.15, -0.1) is 0 Å². The van der Waals surface area contributed by atoms with Crippen LogP contribution in [0.3, 0.4) is 0 Å². The van der Waals surface area contributed by atoms with Crippen molar-refractivity contribution in [2.24, 2.45) is 11.7 Å². The van der Waals surface area contributed by atoms with E-state index in [0.717, 1.165) is 13.0 Å². The van der Waals surface area contributed by atoms with Gasteiger partial charge in [0, 0.05) is 18.4 Å². The summed E-state index contributed by atoms with van der Waals surface area (Å²) < 4.78 is 6.16. The Bertz CT molecular complexity index is 512. The van der Waals surface area contributed by atoms with E-state index in [1.807, 2.05) is 11.8 Å². The highest BCUT2D eigenvalue weighted by Gasteiger charge is 2.43. The van der Waals surface area contributed by atoms with Crippen LogP contribution in [0.5, 0.6) is 0 Å². The average molecular weight is 303 g/mol. The largest absolute Gasteiger partial charge is 0.374 e. The summed E-state index contributed by atoms with van der Waals surface area (Å²) in [6, 6.07) is 9.21. The lowest BCUT2D eigenvalue weighted by Crippen LogP contribution is -2.47. The number of thioether (sulfide) groups is 1. The van der Waals surface area contributed by atoms with Crippen LogP contribution in [0.25, 0.3) is 0 Å². The van der Waals surface area contributed by atoms with Crippen LogP contribution < -0.4 is 5.73 Å². The molecule has 0 amide bonds. The number of rotatable bonds is 2. The van der Waals surface area contributed by atoms with E-state index < -0.39 is 0 Å². The molecule has 0 bridgehead atoms. The molecule has 2 saturated heterocycles.